The van der Waals surface area contributed by atoms with E-state index in [1.807, 2.05) is 30.3 Å². The number of ether oxygens (including phenoxy) is 2. The average Bonchev–Trinajstić information content (AvgIpc) is 2.39. The van der Waals surface area contributed by atoms with Gasteiger partial charge in [0.2, 0.25) is 0 Å². The van der Waals surface area contributed by atoms with Gasteiger partial charge in [0.15, 0.2) is 0 Å². The number of hydrogen-bond donors (Lipinski definition) is 0. The van der Waals surface area contributed by atoms with Crippen molar-refractivity contribution in [1.82, 2.24) is 0 Å². The number of hydrogen-bond acceptors (Lipinski definition) is 3. The molecule has 4 heteroatoms. The van der Waals surface area contributed by atoms with Crippen LogP contribution in [0.15, 0.2) is 42.5 Å². The lowest BCUT2D eigenvalue weighted by atomic mass is 10.1. The number of esters is 1. The molecule has 1 unspecified atom stereocenters. The molecule has 0 amide bonds. The second-order valence-corrected chi connectivity index (χ2v) is 3.69. The predicted molar refractivity (Wildman–Crippen MR) is 66.1 cm³/mol. The smallest absolute Gasteiger partial charge is 0.381 e. The van der Waals surface area contributed by atoms with Crippen molar-refractivity contribution in [2.45, 2.75) is 13.3 Å². The first-order valence-electron chi connectivity index (χ1n) is 5.67. The van der Waals surface area contributed by atoms with E-state index < -0.39 is 12.3 Å². The molecule has 0 heterocycles. The standard InChI is InChI=1S/C14H13FO3/c1-2-17-14(16)13(15)18-12-8-7-10-5-3-4-6-11(10)9-12/h3-9,13H,2H2,1H3. The summed E-state index contributed by atoms with van der Waals surface area (Å²) in [5.74, 6) is -0.708. The maximum Gasteiger partial charge on any atom is 0.381 e. The van der Waals surface area contributed by atoms with Crippen molar-refractivity contribution in [2.24, 2.45) is 0 Å². The van der Waals surface area contributed by atoms with Crippen LogP contribution in [0.25, 0.3) is 10.8 Å². The van der Waals surface area contributed by atoms with Crippen LogP contribution in [0, 0.1) is 0 Å². The van der Waals surface area contributed by atoms with Crippen molar-refractivity contribution in [3.8, 4) is 5.75 Å². The minimum absolute atomic E-state index is 0.125. The van der Waals surface area contributed by atoms with E-state index in [2.05, 4.69) is 4.74 Å². The molecule has 18 heavy (non-hydrogen) atoms. The van der Waals surface area contributed by atoms with Crippen LogP contribution in [-0.4, -0.2) is 18.9 Å². The van der Waals surface area contributed by atoms with E-state index in [4.69, 9.17) is 4.74 Å². The molecule has 0 aliphatic carbocycles. The molecule has 0 spiro atoms. The molecular weight excluding hydrogens is 235 g/mol. The summed E-state index contributed by atoms with van der Waals surface area (Å²) in [5, 5.41) is 1.95. The highest BCUT2D eigenvalue weighted by Gasteiger charge is 2.20. The second kappa shape index (κ2) is 5.49. The fraction of sp³-hybridized carbons (Fsp3) is 0.214. The van der Waals surface area contributed by atoms with Gasteiger partial charge >= 0.3 is 12.3 Å². The summed E-state index contributed by atoms with van der Waals surface area (Å²) in [5.41, 5.74) is 0. The van der Waals surface area contributed by atoms with Crippen molar-refractivity contribution in [3.63, 3.8) is 0 Å². The number of alkyl halides is 1. The van der Waals surface area contributed by atoms with Gasteiger partial charge in [-0.2, -0.15) is 4.39 Å². The van der Waals surface area contributed by atoms with E-state index in [1.165, 1.54) is 0 Å². The summed E-state index contributed by atoms with van der Waals surface area (Å²) in [6, 6.07) is 12.7. The van der Waals surface area contributed by atoms with Gasteiger partial charge in [-0.25, -0.2) is 4.79 Å². The van der Waals surface area contributed by atoms with Gasteiger partial charge in [-0.3, -0.25) is 0 Å². The predicted octanol–water partition coefficient (Wildman–Crippen LogP) is 3.08. The van der Waals surface area contributed by atoms with Crippen molar-refractivity contribution in [3.05, 3.63) is 42.5 Å². The van der Waals surface area contributed by atoms with Crippen LogP contribution in [0.5, 0.6) is 5.75 Å². The van der Waals surface area contributed by atoms with Crippen LogP contribution in [0.4, 0.5) is 4.39 Å². The van der Waals surface area contributed by atoms with E-state index in [9.17, 15) is 9.18 Å². The summed E-state index contributed by atoms with van der Waals surface area (Å²) in [4.78, 5) is 11.1. The molecule has 0 saturated heterocycles. The highest BCUT2D eigenvalue weighted by Crippen LogP contribution is 2.21. The molecule has 0 aliphatic rings. The zero-order chi connectivity index (χ0) is 13.0. The van der Waals surface area contributed by atoms with E-state index >= 15 is 0 Å². The Kier molecular flexibility index (Phi) is 3.77. The fourth-order valence-electron chi connectivity index (χ4n) is 1.62. The van der Waals surface area contributed by atoms with Crippen LogP contribution < -0.4 is 4.74 Å². The minimum atomic E-state index is -2.09. The highest BCUT2D eigenvalue weighted by atomic mass is 19.1. The van der Waals surface area contributed by atoms with E-state index in [-0.39, 0.29) is 6.61 Å². The maximum atomic E-state index is 13.4. The molecule has 0 saturated carbocycles. The summed E-state index contributed by atoms with van der Waals surface area (Å²) in [7, 11) is 0. The Morgan fingerprint density at radius 3 is 2.67 bits per heavy atom. The van der Waals surface area contributed by atoms with Gasteiger partial charge < -0.3 is 9.47 Å². The Morgan fingerprint density at radius 2 is 1.94 bits per heavy atom. The van der Waals surface area contributed by atoms with Crippen LogP contribution >= 0.6 is 0 Å². The van der Waals surface area contributed by atoms with Crippen LogP contribution in [0.3, 0.4) is 0 Å². The third kappa shape index (κ3) is 2.77. The number of benzene rings is 2. The van der Waals surface area contributed by atoms with E-state index in [0.29, 0.717) is 5.75 Å². The number of halogens is 1. The maximum absolute atomic E-state index is 13.4. The Hall–Kier alpha value is -2.10. The summed E-state index contributed by atoms with van der Waals surface area (Å²) in [6.45, 7) is 1.74. The van der Waals surface area contributed by atoms with Crippen LogP contribution in [-0.2, 0) is 9.53 Å². The summed E-state index contributed by atoms with van der Waals surface area (Å²) >= 11 is 0. The van der Waals surface area contributed by atoms with E-state index in [1.54, 1.807) is 19.1 Å². The molecule has 0 aromatic heterocycles. The highest BCUT2D eigenvalue weighted by molar-refractivity contribution is 5.83. The Morgan fingerprint density at radius 1 is 1.22 bits per heavy atom. The van der Waals surface area contributed by atoms with Gasteiger partial charge in [-0.05, 0) is 29.8 Å². The third-order valence-electron chi connectivity index (χ3n) is 2.43. The molecule has 0 fully saturated rings. The van der Waals surface area contributed by atoms with Crippen LogP contribution in [0.1, 0.15) is 6.92 Å². The monoisotopic (exact) mass is 248 g/mol. The van der Waals surface area contributed by atoms with Gasteiger partial charge in [0, 0.05) is 0 Å². The number of fused-ring (bicyclic) bond motifs is 1. The molecule has 0 aliphatic heterocycles. The SMILES string of the molecule is CCOC(=O)C(F)Oc1ccc2ccccc2c1. The molecule has 2 aromatic carbocycles. The molecule has 2 aromatic rings. The minimum Gasteiger partial charge on any atom is -0.461 e. The number of carbonyl (C=O) groups excluding carboxylic acids is 1. The zero-order valence-electron chi connectivity index (χ0n) is 9.93. The molecule has 94 valence electrons. The largest absolute Gasteiger partial charge is 0.461 e. The molecule has 0 bridgehead atoms. The van der Waals surface area contributed by atoms with Crippen LogP contribution in [0.2, 0.25) is 0 Å². The first kappa shape index (κ1) is 12.4. The number of rotatable bonds is 4. The lowest BCUT2D eigenvalue weighted by Crippen LogP contribution is -2.24. The topological polar surface area (TPSA) is 35.5 Å². The number of carbonyl (C=O) groups is 1. The summed E-state index contributed by atoms with van der Waals surface area (Å²) < 4.78 is 22.8. The molecule has 0 radical (unpaired) electrons. The fourth-order valence-corrected chi connectivity index (χ4v) is 1.62. The average molecular weight is 248 g/mol. The Labute approximate surface area is 104 Å². The van der Waals surface area contributed by atoms with E-state index in [0.717, 1.165) is 10.8 Å². The molecule has 1 atom stereocenters. The van der Waals surface area contributed by atoms with Crippen molar-refractivity contribution < 1.29 is 18.7 Å². The van der Waals surface area contributed by atoms with Gasteiger partial charge in [-0.1, -0.05) is 30.3 Å². The van der Waals surface area contributed by atoms with Gasteiger partial charge in [-0.15, -0.1) is 0 Å². The third-order valence-corrected chi connectivity index (χ3v) is 2.43. The van der Waals surface area contributed by atoms with Crippen molar-refractivity contribution in [2.75, 3.05) is 6.61 Å². The quantitative estimate of drug-likeness (QED) is 0.780. The summed E-state index contributed by atoms with van der Waals surface area (Å²) in [6.07, 6.45) is -2.09. The van der Waals surface area contributed by atoms with Gasteiger partial charge in [0.25, 0.3) is 0 Å². The first-order valence-corrected chi connectivity index (χ1v) is 5.67. The first-order chi connectivity index (χ1) is 8.70. The van der Waals surface area contributed by atoms with Gasteiger partial charge in [0.1, 0.15) is 5.75 Å². The second-order valence-electron chi connectivity index (χ2n) is 3.69. The Balaban J connectivity index is 2.14. The Bertz CT molecular complexity index is 553. The molecule has 3 nitrogen and oxygen atoms in total. The lowest BCUT2D eigenvalue weighted by Gasteiger charge is -2.10. The van der Waals surface area contributed by atoms with Crippen molar-refractivity contribution >= 4 is 16.7 Å². The molecule has 2 rings (SSSR count). The zero-order valence-corrected chi connectivity index (χ0v) is 9.93. The molecule has 0 N–H and O–H groups in total. The lowest BCUT2D eigenvalue weighted by molar-refractivity contribution is -0.159. The van der Waals surface area contributed by atoms with Crippen molar-refractivity contribution in [1.29, 1.82) is 0 Å². The normalized spacial score (nSPS) is 12.1. The molecular formula is C14H13FO3. The van der Waals surface area contributed by atoms with Gasteiger partial charge in [0.05, 0.1) is 6.61 Å².